The number of halogens is 1. The predicted octanol–water partition coefficient (Wildman–Crippen LogP) is 3.27. The normalized spacial score (nSPS) is 12.4. The molecule has 1 atom stereocenters. The van der Waals surface area contributed by atoms with Gasteiger partial charge >= 0.3 is 0 Å². The number of thiophene rings is 1. The Kier molecular flexibility index (Phi) is 3.76. The first-order valence-corrected chi connectivity index (χ1v) is 6.17. The first-order valence-electron chi connectivity index (χ1n) is 5.35. The van der Waals surface area contributed by atoms with Crippen molar-refractivity contribution in [3.05, 3.63) is 52.0 Å². The Hall–Kier alpha value is -1.39. The summed E-state index contributed by atoms with van der Waals surface area (Å²) in [6.45, 7) is 2.44. The van der Waals surface area contributed by atoms with Gasteiger partial charge in [0.25, 0.3) is 0 Å². The largest absolute Gasteiger partial charge is 0.492 e. The number of aryl methyl sites for hydroxylation is 1. The van der Waals surface area contributed by atoms with Gasteiger partial charge in [-0.25, -0.2) is 4.39 Å². The Morgan fingerprint density at radius 1 is 1.24 bits per heavy atom. The summed E-state index contributed by atoms with van der Waals surface area (Å²) >= 11 is 1.67. The van der Waals surface area contributed by atoms with Crippen LogP contribution in [0.3, 0.4) is 0 Å². The molecule has 2 aromatic rings. The molecule has 0 aliphatic rings. The first-order chi connectivity index (χ1) is 8.15. The molecule has 1 aromatic carbocycles. The molecule has 1 heterocycles. The summed E-state index contributed by atoms with van der Waals surface area (Å²) in [6, 6.07) is 9.85. The van der Waals surface area contributed by atoms with Crippen molar-refractivity contribution in [3.63, 3.8) is 0 Å². The van der Waals surface area contributed by atoms with Crippen LogP contribution in [0.5, 0.6) is 5.75 Å². The summed E-state index contributed by atoms with van der Waals surface area (Å²) in [6.07, 6.45) is 0. The van der Waals surface area contributed by atoms with Gasteiger partial charge < -0.3 is 10.5 Å². The molecule has 0 aliphatic carbocycles. The van der Waals surface area contributed by atoms with Gasteiger partial charge in [-0.2, -0.15) is 0 Å². The van der Waals surface area contributed by atoms with Gasteiger partial charge in [-0.15, -0.1) is 11.3 Å². The van der Waals surface area contributed by atoms with Gasteiger partial charge in [0.1, 0.15) is 18.2 Å². The number of hydrogen-bond acceptors (Lipinski definition) is 3. The van der Waals surface area contributed by atoms with Crippen molar-refractivity contribution in [2.45, 2.75) is 13.0 Å². The molecule has 0 bridgehead atoms. The molecule has 2 rings (SSSR count). The highest BCUT2D eigenvalue weighted by Crippen LogP contribution is 2.22. The highest BCUT2D eigenvalue weighted by atomic mass is 32.1. The van der Waals surface area contributed by atoms with E-state index in [-0.39, 0.29) is 11.9 Å². The number of hydrogen-bond donors (Lipinski definition) is 1. The number of rotatable bonds is 4. The van der Waals surface area contributed by atoms with E-state index in [1.807, 2.05) is 19.1 Å². The molecule has 0 saturated heterocycles. The Morgan fingerprint density at radius 3 is 2.53 bits per heavy atom. The molecule has 4 heteroatoms. The Morgan fingerprint density at radius 2 is 1.94 bits per heavy atom. The molecule has 0 amide bonds. The minimum Gasteiger partial charge on any atom is -0.492 e. The van der Waals surface area contributed by atoms with Gasteiger partial charge in [-0.1, -0.05) is 0 Å². The summed E-state index contributed by atoms with van der Waals surface area (Å²) in [5, 5.41) is 0. The van der Waals surface area contributed by atoms with E-state index >= 15 is 0 Å². The zero-order valence-corrected chi connectivity index (χ0v) is 10.3. The fraction of sp³-hybridized carbons (Fsp3) is 0.231. The lowest BCUT2D eigenvalue weighted by molar-refractivity contribution is 0.292. The van der Waals surface area contributed by atoms with E-state index in [0.717, 1.165) is 4.88 Å². The van der Waals surface area contributed by atoms with Crippen molar-refractivity contribution < 1.29 is 9.13 Å². The van der Waals surface area contributed by atoms with Crippen LogP contribution in [-0.2, 0) is 0 Å². The van der Waals surface area contributed by atoms with Gasteiger partial charge in [-0.3, -0.25) is 0 Å². The fourth-order valence-corrected chi connectivity index (χ4v) is 2.32. The average molecular weight is 251 g/mol. The van der Waals surface area contributed by atoms with Crippen molar-refractivity contribution in [1.29, 1.82) is 0 Å². The Labute approximate surface area is 104 Å². The minimum atomic E-state index is -0.268. The van der Waals surface area contributed by atoms with E-state index < -0.39 is 0 Å². The summed E-state index contributed by atoms with van der Waals surface area (Å²) in [5.41, 5.74) is 6.00. The summed E-state index contributed by atoms with van der Waals surface area (Å²) in [4.78, 5) is 2.34. The van der Waals surface area contributed by atoms with Crippen molar-refractivity contribution in [2.24, 2.45) is 5.73 Å². The summed E-state index contributed by atoms with van der Waals surface area (Å²) < 4.78 is 18.2. The van der Waals surface area contributed by atoms with Gasteiger partial charge in [0.2, 0.25) is 0 Å². The molecule has 17 heavy (non-hydrogen) atoms. The molecular weight excluding hydrogens is 237 g/mol. The third-order valence-electron chi connectivity index (χ3n) is 2.37. The molecule has 0 spiro atoms. The molecule has 1 unspecified atom stereocenters. The summed E-state index contributed by atoms with van der Waals surface area (Å²) in [5.74, 6) is 0.366. The lowest BCUT2D eigenvalue weighted by Crippen LogP contribution is -2.17. The standard InChI is InChI=1S/C13H14FNOS/c1-9-2-7-13(17-9)12(15)8-16-11-5-3-10(14)4-6-11/h2-7,12H,8,15H2,1H3. The van der Waals surface area contributed by atoms with Crippen LogP contribution in [0.15, 0.2) is 36.4 Å². The van der Waals surface area contributed by atoms with E-state index in [1.54, 1.807) is 23.5 Å². The highest BCUT2D eigenvalue weighted by molar-refractivity contribution is 7.12. The maximum atomic E-state index is 12.7. The van der Waals surface area contributed by atoms with Crippen molar-refractivity contribution in [1.82, 2.24) is 0 Å². The lowest BCUT2D eigenvalue weighted by Gasteiger charge is -2.11. The van der Waals surface area contributed by atoms with Crippen LogP contribution in [0, 0.1) is 12.7 Å². The second-order valence-corrected chi connectivity index (χ2v) is 5.14. The van der Waals surface area contributed by atoms with Gasteiger partial charge in [0.15, 0.2) is 0 Å². The Bertz CT molecular complexity index is 480. The first kappa shape index (κ1) is 12.1. The topological polar surface area (TPSA) is 35.2 Å². The zero-order chi connectivity index (χ0) is 12.3. The maximum absolute atomic E-state index is 12.7. The van der Waals surface area contributed by atoms with E-state index in [9.17, 15) is 4.39 Å². The van der Waals surface area contributed by atoms with Crippen LogP contribution in [0.2, 0.25) is 0 Å². The Balaban J connectivity index is 1.92. The number of ether oxygens (including phenoxy) is 1. The van der Waals surface area contributed by atoms with E-state index in [2.05, 4.69) is 0 Å². The van der Waals surface area contributed by atoms with Crippen LogP contribution < -0.4 is 10.5 Å². The second-order valence-electron chi connectivity index (χ2n) is 3.82. The van der Waals surface area contributed by atoms with Crippen LogP contribution in [0.1, 0.15) is 15.8 Å². The molecule has 1 aromatic heterocycles. The van der Waals surface area contributed by atoms with Gasteiger partial charge in [-0.05, 0) is 43.3 Å². The molecule has 90 valence electrons. The van der Waals surface area contributed by atoms with E-state index in [1.165, 1.54) is 17.0 Å². The second kappa shape index (κ2) is 5.29. The average Bonchev–Trinajstić information content (AvgIpc) is 2.75. The fourth-order valence-electron chi connectivity index (χ4n) is 1.45. The summed E-state index contributed by atoms with van der Waals surface area (Å²) in [7, 11) is 0. The third kappa shape index (κ3) is 3.28. The monoisotopic (exact) mass is 251 g/mol. The van der Waals surface area contributed by atoms with Crippen molar-refractivity contribution >= 4 is 11.3 Å². The van der Waals surface area contributed by atoms with E-state index in [4.69, 9.17) is 10.5 Å². The van der Waals surface area contributed by atoms with Crippen LogP contribution >= 0.6 is 11.3 Å². The number of nitrogens with two attached hydrogens (primary N) is 1. The van der Waals surface area contributed by atoms with Crippen LogP contribution in [-0.4, -0.2) is 6.61 Å². The van der Waals surface area contributed by atoms with Crippen LogP contribution in [0.25, 0.3) is 0 Å². The minimum absolute atomic E-state index is 0.140. The molecule has 0 aliphatic heterocycles. The molecule has 0 radical (unpaired) electrons. The van der Waals surface area contributed by atoms with E-state index in [0.29, 0.717) is 12.4 Å². The zero-order valence-electron chi connectivity index (χ0n) is 9.52. The molecule has 2 nitrogen and oxygen atoms in total. The SMILES string of the molecule is Cc1ccc(C(N)COc2ccc(F)cc2)s1. The molecule has 0 fully saturated rings. The molecule has 0 saturated carbocycles. The van der Waals surface area contributed by atoms with Gasteiger partial charge in [0, 0.05) is 9.75 Å². The smallest absolute Gasteiger partial charge is 0.123 e. The molecule has 2 N–H and O–H groups in total. The quantitative estimate of drug-likeness (QED) is 0.905. The number of benzene rings is 1. The lowest BCUT2D eigenvalue weighted by atomic mass is 10.2. The van der Waals surface area contributed by atoms with Crippen molar-refractivity contribution in [3.8, 4) is 5.75 Å². The molecular formula is C13H14FNOS. The highest BCUT2D eigenvalue weighted by Gasteiger charge is 2.09. The van der Waals surface area contributed by atoms with Crippen LogP contribution in [0.4, 0.5) is 4.39 Å². The van der Waals surface area contributed by atoms with Crippen molar-refractivity contribution in [2.75, 3.05) is 6.61 Å². The maximum Gasteiger partial charge on any atom is 0.123 e. The predicted molar refractivity (Wildman–Crippen MR) is 67.9 cm³/mol. The third-order valence-corrected chi connectivity index (χ3v) is 3.50. The van der Waals surface area contributed by atoms with Gasteiger partial charge in [0.05, 0.1) is 6.04 Å².